The van der Waals surface area contributed by atoms with E-state index in [0.717, 1.165) is 19.3 Å². The summed E-state index contributed by atoms with van der Waals surface area (Å²) >= 11 is 0. The Morgan fingerprint density at radius 3 is 1.56 bits per heavy atom. The molecular weight excluding hydrogens is 332 g/mol. The molecule has 0 aromatic heterocycles. The Hall–Kier alpha value is -0.203. The minimum atomic E-state index is -2.92. The highest BCUT2D eigenvalue weighted by Crippen LogP contribution is 2.14. The second-order valence-electron chi connectivity index (χ2n) is 6.57. The van der Waals surface area contributed by atoms with Crippen molar-refractivity contribution in [1.29, 1.82) is 0 Å². The lowest BCUT2D eigenvalue weighted by atomic mass is 10.1. The number of allylic oxidation sites excluding steroid dienone is 1. The molecule has 0 aromatic rings. The van der Waals surface area contributed by atoms with Crippen LogP contribution in [0.5, 0.6) is 0 Å². The molecule has 0 aliphatic heterocycles. The van der Waals surface area contributed by atoms with E-state index in [0.29, 0.717) is 13.2 Å². The molecule has 0 bridgehead atoms. The first-order chi connectivity index (χ1) is 12.2. The molecule has 150 valence electrons. The molecular formula is C20H42O4Si. The van der Waals surface area contributed by atoms with Gasteiger partial charge in [-0.3, -0.25) is 0 Å². The van der Waals surface area contributed by atoms with Gasteiger partial charge in [-0.15, -0.1) is 6.58 Å². The number of unbranched alkanes of at least 4 members (excludes halogenated alkanes) is 11. The lowest BCUT2D eigenvalue weighted by Gasteiger charge is -2.25. The predicted molar refractivity (Wildman–Crippen MR) is 108 cm³/mol. The second-order valence-corrected chi connectivity index (χ2v) is 8.97. The summed E-state index contributed by atoms with van der Waals surface area (Å²) in [6.07, 6.45) is 17.9. The predicted octanol–water partition coefficient (Wildman–Crippen LogP) is 6.03. The Labute approximate surface area is 157 Å². The van der Waals surface area contributed by atoms with E-state index in [1.54, 1.807) is 14.2 Å². The van der Waals surface area contributed by atoms with Crippen LogP contribution in [-0.2, 0) is 17.7 Å². The topological polar surface area (TPSA) is 36.9 Å². The Morgan fingerprint density at radius 1 is 0.680 bits per heavy atom. The van der Waals surface area contributed by atoms with E-state index < -0.39 is 9.05 Å². The molecule has 0 amide bonds. The quantitative estimate of drug-likeness (QED) is 0.148. The van der Waals surface area contributed by atoms with Crippen molar-refractivity contribution in [3.63, 3.8) is 0 Å². The molecule has 5 heteroatoms. The van der Waals surface area contributed by atoms with Crippen LogP contribution in [0.2, 0.25) is 0 Å². The van der Waals surface area contributed by atoms with Crippen LogP contribution in [0.1, 0.15) is 90.4 Å². The number of rotatable bonds is 20. The molecule has 0 atom stereocenters. The van der Waals surface area contributed by atoms with Crippen LogP contribution < -0.4 is 0 Å². The molecule has 0 N–H and O–H groups in total. The van der Waals surface area contributed by atoms with E-state index in [1.807, 2.05) is 6.08 Å². The van der Waals surface area contributed by atoms with E-state index in [9.17, 15) is 0 Å². The van der Waals surface area contributed by atoms with Crippen molar-refractivity contribution < 1.29 is 17.7 Å². The van der Waals surface area contributed by atoms with E-state index >= 15 is 0 Å². The molecule has 0 aliphatic carbocycles. The zero-order valence-corrected chi connectivity index (χ0v) is 18.0. The number of hydrogen-bond acceptors (Lipinski definition) is 4. The summed E-state index contributed by atoms with van der Waals surface area (Å²) in [6.45, 7) is 7.30. The fourth-order valence-electron chi connectivity index (χ4n) is 2.74. The van der Waals surface area contributed by atoms with Crippen LogP contribution in [0, 0.1) is 0 Å². The molecule has 4 nitrogen and oxygen atoms in total. The standard InChI is InChI=1S/C20H42O4Si/c1-5-7-9-11-13-14-16-18-20-24-25(21-3,22-4)23-19-17-15-12-10-8-6-2/h5H,1,6-20H2,2-4H3. The lowest BCUT2D eigenvalue weighted by molar-refractivity contribution is -0.0105. The van der Waals surface area contributed by atoms with Gasteiger partial charge in [-0.25, -0.2) is 0 Å². The van der Waals surface area contributed by atoms with Gasteiger partial charge in [-0.1, -0.05) is 70.8 Å². The van der Waals surface area contributed by atoms with Crippen molar-refractivity contribution in [3.05, 3.63) is 12.7 Å². The van der Waals surface area contributed by atoms with Gasteiger partial charge in [-0.05, 0) is 25.7 Å². The fourth-order valence-corrected chi connectivity index (χ4v) is 4.25. The summed E-state index contributed by atoms with van der Waals surface area (Å²) in [4.78, 5) is 0. The maximum atomic E-state index is 5.88. The van der Waals surface area contributed by atoms with Crippen LogP contribution in [0.25, 0.3) is 0 Å². The molecule has 0 heterocycles. The van der Waals surface area contributed by atoms with E-state index in [1.165, 1.54) is 64.2 Å². The molecule has 0 radical (unpaired) electrons. The summed E-state index contributed by atoms with van der Waals surface area (Å²) in [5.41, 5.74) is 0. The van der Waals surface area contributed by atoms with Gasteiger partial charge in [0, 0.05) is 27.4 Å². The average Bonchev–Trinajstić information content (AvgIpc) is 2.64. The third kappa shape index (κ3) is 14.6. The van der Waals surface area contributed by atoms with Crippen LogP contribution in [0.4, 0.5) is 0 Å². The third-order valence-electron chi connectivity index (χ3n) is 4.36. The van der Waals surface area contributed by atoms with Crippen molar-refractivity contribution in [3.8, 4) is 0 Å². The summed E-state index contributed by atoms with van der Waals surface area (Å²) < 4.78 is 22.7. The summed E-state index contributed by atoms with van der Waals surface area (Å²) in [7, 11) is 0.327. The fraction of sp³-hybridized carbons (Fsp3) is 0.900. The smallest absolute Gasteiger partial charge is 0.355 e. The van der Waals surface area contributed by atoms with Gasteiger partial charge in [0.05, 0.1) is 0 Å². The van der Waals surface area contributed by atoms with Crippen molar-refractivity contribution in [2.75, 3.05) is 27.4 Å². The Balaban J connectivity index is 3.71. The zero-order chi connectivity index (χ0) is 18.6. The van der Waals surface area contributed by atoms with Gasteiger partial charge in [0.1, 0.15) is 0 Å². The van der Waals surface area contributed by atoms with Crippen LogP contribution in [0.15, 0.2) is 12.7 Å². The summed E-state index contributed by atoms with van der Waals surface area (Å²) in [6, 6.07) is 0. The highest BCUT2D eigenvalue weighted by atomic mass is 28.4. The normalized spacial score (nSPS) is 11.8. The lowest BCUT2D eigenvalue weighted by Crippen LogP contribution is -2.47. The van der Waals surface area contributed by atoms with Crippen molar-refractivity contribution in [1.82, 2.24) is 0 Å². The maximum Gasteiger partial charge on any atom is 0.679 e. The average molecular weight is 375 g/mol. The minimum absolute atomic E-state index is 0.650. The van der Waals surface area contributed by atoms with E-state index in [4.69, 9.17) is 17.7 Å². The van der Waals surface area contributed by atoms with E-state index in [2.05, 4.69) is 13.5 Å². The largest absolute Gasteiger partial charge is 0.679 e. The van der Waals surface area contributed by atoms with Crippen LogP contribution in [-0.4, -0.2) is 36.5 Å². The monoisotopic (exact) mass is 374 g/mol. The Bertz CT molecular complexity index is 283. The highest BCUT2D eigenvalue weighted by Gasteiger charge is 2.43. The first-order valence-corrected chi connectivity index (χ1v) is 11.9. The molecule has 25 heavy (non-hydrogen) atoms. The van der Waals surface area contributed by atoms with Crippen molar-refractivity contribution in [2.45, 2.75) is 90.4 Å². The van der Waals surface area contributed by atoms with Gasteiger partial charge in [0.2, 0.25) is 0 Å². The highest BCUT2D eigenvalue weighted by molar-refractivity contribution is 6.53. The SMILES string of the molecule is C=CCCCCCCCCO[Si](OC)(OC)OCCCCCCCC. The molecule has 0 spiro atoms. The molecule has 0 unspecified atom stereocenters. The summed E-state index contributed by atoms with van der Waals surface area (Å²) in [5, 5.41) is 0. The molecule has 0 saturated heterocycles. The number of hydrogen-bond donors (Lipinski definition) is 0. The molecule has 0 aromatic carbocycles. The van der Waals surface area contributed by atoms with Gasteiger partial charge < -0.3 is 17.7 Å². The van der Waals surface area contributed by atoms with Gasteiger partial charge in [0.15, 0.2) is 0 Å². The Kier molecular flexibility index (Phi) is 18.4. The van der Waals surface area contributed by atoms with Gasteiger partial charge in [-0.2, -0.15) is 0 Å². The van der Waals surface area contributed by atoms with Gasteiger partial charge >= 0.3 is 9.05 Å². The molecule has 0 rings (SSSR count). The van der Waals surface area contributed by atoms with Crippen molar-refractivity contribution >= 4 is 9.05 Å². The second kappa shape index (κ2) is 18.6. The summed E-state index contributed by atoms with van der Waals surface area (Å²) in [5.74, 6) is 0. The maximum absolute atomic E-state index is 5.88. The van der Waals surface area contributed by atoms with Gasteiger partial charge in [0.25, 0.3) is 0 Å². The van der Waals surface area contributed by atoms with Crippen molar-refractivity contribution in [2.24, 2.45) is 0 Å². The van der Waals surface area contributed by atoms with E-state index in [-0.39, 0.29) is 0 Å². The van der Waals surface area contributed by atoms with Crippen LogP contribution in [0.3, 0.4) is 0 Å². The zero-order valence-electron chi connectivity index (χ0n) is 17.0. The first-order valence-electron chi connectivity index (χ1n) is 10.2. The Morgan fingerprint density at radius 2 is 1.12 bits per heavy atom. The minimum Gasteiger partial charge on any atom is -0.355 e. The molecule has 0 fully saturated rings. The molecule has 0 aliphatic rings. The van der Waals surface area contributed by atoms with Crippen LogP contribution >= 0.6 is 0 Å². The first kappa shape index (κ1) is 24.8. The molecule has 0 saturated carbocycles. The third-order valence-corrected chi connectivity index (χ3v) is 6.47.